The number of pyridine rings is 1. The zero-order valence-electron chi connectivity index (χ0n) is 15.7. The number of fused-ring (bicyclic) bond motifs is 2. The molecule has 0 radical (unpaired) electrons. The van der Waals surface area contributed by atoms with Crippen LogP contribution in [-0.4, -0.2) is 29.4 Å². The molecule has 0 N–H and O–H groups in total. The largest absolute Gasteiger partial charge is 0.328 e. The van der Waals surface area contributed by atoms with Gasteiger partial charge in [0.2, 0.25) is 0 Å². The second-order valence-corrected chi connectivity index (χ2v) is 7.81. The number of nitriles is 1. The molecule has 1 aliphatic rings. The van der Waals surface area contributed by atoms with E-state index in [1.807, 2.05) is 48.5 Å². The van der Waals surface area contributed by atoms with Gasteiger partial charge in [0.05, 0.1) is 32.9 Å². The van der Waals surface area contributed by atoms with E-state index >= 15 is 0 Å². The molecule has 144 valence electrons. The number of amides is 1. The van der Waals surface area contributed by atoms with E-state index in [2.05, 4.69) is 0 Å². The quantitative estimate of drug-likeness (QED) is 0.515. The zero-order chi connectivity index (χ0) is 20.5. The monoisotopic (exact) mass is 421 g/mol. The number of carbonyl (C=O) groups is 1. The molecule has 0 bridgehead atoms. The van der Waals surface area contributed by atoms with Gasteiger partial charge in [-0.2, -0.15) is 5.26 Å². The van der Waals surface area contributed by atoms with E-state index in [4.69, 9.17) is 33.4 Å². The van der Waals surface area contributed by atoms with E-state index in [-0.39, 0.29) is 12.5 Å². The highest BCUT2D eigenvalue weighted by molar-refractivity contribution is 6.42. The van der Waals surface area contributed by atoms with Gasteiger partial charge in [-0.05, 0) is 53.8 Å². The molecule has 4 nitrogen and oxygen atoms in total. The number of aromatic nitrogens is 1. The van der Waals surface area contributed by atoms with Gasteiger partial charge in [0.15, 0.2) is 0 Å². The van der Waals surface area contributed by atoms with E-state index in [1.165, 1.54) is 4.90 Å². The Balaban J connectivity index is 1.89. The standard InChI is InChI=1S/C23H17Cl2N3O/c1-28(11-10-26)23(29)21-16-4-2-3-5-20(16)27-22-15(7-8-17(21)22)12-14-6-9-18(24)19(25)13-14/h2-6,9,12-13H,7-8,11H2,1H3. The Hall–Kier alpha value is -2.87. The van der Waals surface area contributed by atoms with Crippen molar-refractivity contribution in [2.45, 2.75) is 12.8 Å². The van der Waals surface area contributed by atoms with Crippen molar-refractivity contribution in [1.82, 2.24) is 9.88 Å². The summed E-state index contributed by atoms with van der Waals surface area (Å²) in [6.45, 7) is 0.0379. The number of allylic oxidation sites excluding steroid dienone is 1. The van der Waals surface area contributed by atoms with Gasteiger partial charge in [-0.15, -0.1) is 0 Å². The number of carbonyl (C=O) groups excluding carboxylic acids is 1. The molecule has 3 aromatic rings. The smallest absolute Gasteiger partial charge is 0.255 e. The highest BCUT2D eigenvalue weighted by Crippen LogP contribution is 2.38. The van der Waals surface area contributed by atoms with Crippen LogP contribution in [0, 0.1) is 11.3 Å². The molecule has 0 fully saturated rings. The Morgan fingerprint density at radius 3 is 2.76 bits per heavy atom. The van der Waals surface area contributed by atoms with Gasteiger partial charge in [0, 0.05) is 12.4 Å². The number of hydrogen-bond donors (Lipinski definition) is 0. The topological polar surface area (TPSA) is 57.0 Å². The van der Waals surface area contributed by atoms with Crippen LogP contribution in [0.5, 0.6) is 0 Å². The number of rotatable bonds is 3. The summed E-state index contributed by atoms with van der Waals surface area (Å²) in [7, 11) is 1.65. The third-order valence-corrected chi connectivity index (χ3v) is 5.83. The Bertz CT molecular complexity index is 1210. The van der Waals surface area contributed by atoms with Crippen LogP contribution in [0.1, 0.15) is 33.6 Å². The summed E-state index contributed by atoms with van der Waals surface area (Å²) in [4.78, 5) is 19.5. The van der Waals surface area contributed by atoms with E-state index in [9.17, 15) is 4.79 Å². The minimum absolute atomic E-state index is 0.0379. The number of nitrogens with zero attached hydrogens (tertiary/aromatic N) is 3. The predicted molar refractivity (Wildman–Crippen MR) is 117 cm³/mol. The van der Waals surface area contributed by atoms with Gasteiger partial charge >= 0.3 is 0 Å². The first-order valence-corrected chi connectivity index (χ1v) is 9.95. The molecular weight excluding hydrogens is 405 g/mol. The number of benzene rings is 2. The summed E-state index contributed by atoms with van der Waals surface area (Å²) < 4.78 is 0. The van der Waals surface area contributed by atoms with Crippen molar-refractivity contribution in [3.63, 3.8) is 0 Å². The van der Waals surface area contributed by atoms with Crippen molar-refractivity contribution in [2.75, 3.05) is 13.6 Å². The van der Waals surface area contributed by atoms with E-state index in [1.54, 1.807) is 13.1 Å². The summed E-state index contributed by atoms with van der Waals surface area (Å²) in [6, 6.07) is 15.2. The van der Waals surface area contributed by atoms with Gasteiger partial charge < -0.3 is 4.90 Å². The van der Waals surface area contributed by atoms with Crippen LogP contribution in [0.15, 0.2) is 42.5 Å². The molecule has 1 aliphatic carbocycles. The highest BCUT2D eigenvalue weighted by Gasteiger charge is 2.28. The van der Waals surface area contributed by atoms with Gasteiger partial charge in [-0.1, -0.05) is 47.5 Å². The van der Waals surface area contributed by atoms with Crippen LogP contribution in [0.2, 0.25) is 10.0 Å². The van der Waals surface area contributed by atoms with Crippen molar-refractivity contribution in [2.24, 2.45) is 0 Å². The molecule has 0 saturated heterocycles. The third-order valence-electron chi connectivity index (χ3n) is 5.09. The Labute approximate surface area is 179 Å². The van der Waals surface area contributed by atoms with E-state index < -0.39 is 0 Å². The fourth-order valence-corrected chi connectivity index (χ4v) is 4.00. The van der Waals surface area contributed by atoms with Crippen molar-refractivity contribution in [3.05, 3.63) is 74.9 Å². The lowest BCUT2D eigenvalue weighted by molar-refractivity contribution is 0.0813. The molecule has 2 aromatic carbocycles. The fourth-order valence-electron chi connectivity index (χ4n) is 3.70. The molecule has 1 amide bonds. The molecule has 0 aliphatic heterocycles. The lowest BCUT2D eigenvalue weighted by atomic mass is 9.99. The summed E-state index contributed by atoms with van der Waals surface area (Å²) >= 11 is 12.2. The summed E-state index contributed by atoms with van der Waals surface area (Å²) in [5.74, 6) is -0.155. The molecule has 0 saturated carbocycles. The summed E-state index contributed by atoms with van der Waals surface area (Å²) in [5, 5.41) is 10.8. The number of hydrogen-bond acceptors (Lipinski definition) is 3. The lowest BCUT2D eigenvalue weighted by Crippen LogP contribution is -2.28. The van der Waals surface area contributed by atoms with Gasteiger partial charge in [-0.3, -0.25) is 4.79 Å². The Kier molecular flexibility index (Phi) is 5.27. The van der Waals surface area contributed by atoms with Crippen molar-refractivity contribution in [3.8, 4) is 6.07 Å². The first kappa shape index (κ1) is 19.4. The van der Waals surface area contributed by atoms with Crippen LogP contribution in [0.25, 0.3) is 22.6 Å². The maximum atomic E-state index is 13.2. The van der Waals surface area contributed by atoms with Gasteiger partial charge in [-0.25, -0.2) is 4.98 Å². The van der Waals surface area contributed by atoms with Crippen LogP contribution < -0.4 is 0 Å². The molecule has 0 spiro atoms. The molecule has 0 unspecified atom stereocenters. The van der Waals surface area contributed by atoms with Crippen LogP contribution in [0.4, 0.5) is 0 Å². The van der Waals surface area contributed by atoms with Crippen molar-refractivity contribution >= 4 is 51.7 Å². The first-order chi connectivity index (χ1) is 14.0. The third kappa shape index (κ3) is 3.60. The molecule has 6 heteroatoms. The maximum Gasteiger partial charge on any atom is 0.255 e. The second kappa shape index (κ2) is 7.87. The van der Waals surface area contributed by atoms with Crippen LogP contribution in [0.3, 0.4) is 0 Å². The molecule has 0 atom stereocenters. The summed E-state index contributed by atoms with van der Waals surface area (Å²) in [5.41, 5.74) is 5.17. The number of para-hydroxylation sites is 1. The minimum atomic E-state index is -0.155. The molecule has 4 rings (SSSR count). The lowest BCUT2D eigenvalue weighted by Gasteiger charge is -2.17. The Morgan fingerprint density at radius 2 is 2.00 bits per heavy atom. The zero-order valence-corrected chi connectivity index (χ0v) is 17.3. The maximum absolute atomic E-state index is 13.2. The van der Waals surface area contributed by atoms with Crippen LogP contribution in [-0.2, 0) is 6.42 Å². The summed E-state index contributed by atoms with van der Waals surface area (Å²) in [6.07, 6.45) is 3.55. The van der Waals surface area contributed by atoms with E-state index in [0.29, 0.717) is 15.6 Å². The molecule has 1 aromatic heterocycles. The average Bonchev–Trinajstić information content (AvgIpc) is 3.10. The number of halogens is 2. The highest BCUT2D eigenvalue weighted by atomic mass is 35.5. The van der Waals surface area contributed by atoms with E-state index in [0.717, 1.165) is 46.1 Å². The predicted octanol–water partition coefficient (Wildman–Crippen LogP) is 5.62. The average molecular weight is 422 g/mol. The second-order valence-electron chi connectivity index (χ2n) is 6.99. The van der Waals surface area contributed by atoms with Crippen LogP contribution >= 0.6 is 23.2 Å². The Morgan fingerprint density at radius 1 is 1.21 bits per heavy atom. The normalized spacial score (nSPS) is 14.1. The van der Waals surface area contributed by atoms with Gasteiger partial charge in [0.25, 0.3) is 5.91 Å². The minimum Gasteiger partial charge on any atom is -0.328 e. The molecule has 1 heterocycles. The molecular formula is C23H17Cl2N3O. The van der Waals surface area contributed by atoms with Gasteiger partial charge in [0.1, 0.15) is 6.54 Å². The molecule has 29 heavy (non-hydrogen) atoms. The van der Waals surface area contributed by atoms with Crippen molar-refractivity contribution < 1.29 is 4.79 Å². The fraction of sp³-hybridized carbons (Fsp3) is 0.174. The SMILES string of the molecule is CN(CC#N)C(=O)c1c2c(nc3ccccc13)C(=Cc1ccc(Cl)c(Cl)c1)CC2. The van der Waals surface area contributed by atoms with Crippen molar-refractivity contribution in [1.29, 1.82) is 5.26 Å². The first-order valence-electron chi connectivity index (χ1n) is 9.19.